The second-order valence-electron chi connectivity index (χ2n) is 4.74. The molecule has 3 aromatic rings. The fourth-order valence-electron chi connectivity index (χ4n) is 2.13. The van der Waals surface area contributed by atoms with Crippen LogP contribution in [0.5, 0.6) is 11.5 Å². The first-order chi connectivity index (χ1) is 11.3. The topological polar surface area (TPSA) is 86.5 Å². The number of rotatable bonds is 4. The summed E-state index contributed by atoms with van der Waals surface area (Å²) in [6.45, 7) is 0.333. The van der Waals surface area contributed by atoms with E-state index in [9.17, 15) is 4.79 Å². The van der Waals surface area contributed by atoms with Crippen molar-refractivity contribution in [2.75, 3.05) is 6.79 Å². The number of nitrogens with zero attached hydrogens (tertiary/aromatic N) is 2. The number of benzene rings is 1. The third-order valence-corrected chi connectivity index (χ3v) is 4.11. The third kappa shape index (κ3) is 2.76. The zero-order valence-corrected chi connectivity index (χ0v) is 12.6. The van der Waals surface area contributed by atoms with Gasteiger partial charge in [0.05, 0.1) is 11.4 Å². The van der Waals surface area contributed by atoms with Crippen molar-refractivity contribution in [1.82, 2.24) is 15.5 Å². The average Bonchev–Trinajstić information content (AvgIpc) is 3.32. The molecule has 2 aromatic heterocycles. The monoisotopic (exact) mass is 329 g/mol. The summed E-state index contributed by atoms with van der Waals surface area (Å²) in [7, 11) is 0. The molecule has 0 fully saturated rings. The van der Waals surface area contributed by atoms with Crippen LogP contribution in [0.4, 0.5) is 0 Å². The van der Waals surface area contributed by atoms with Gasteiger partial charge in [0.25, 0.3) is 5.91 Å². The number of hydrogen-bond donors (Lipinski definition) is 1. The molecule has 0 bridgehead atoms. The van der Waals surface area contributed by atoms with E-state index in [2.05, 4.69) is 15.5 Å². The summed E-state index contributed by atoms with van der Waals surface area (Å²) in [5.41, 5.74) is 0.479. The van der Waals surface area contributed by atoms with Crippen LogP contribution in [-0.2, 0) is 6.54 Å². The summed E-state index contributed by atoms with van der Waals surface area (Å²) < 4.78 is 15.6. The molecule has 3 heterocycles. The molecule has 1 N–H and O–H groups in total. The molecule has 8 heteroatoms. The van der Waals surface area contributed by atoms with Gasteiger partial charge in [0, 0.05) is 5.56 Å². The predicted octanol–water partition coefficient (Wildman–Crippen LogP) is 2.46. The summed E-state index contributed by atoms with van der Waals surface area (Å²) >= 11 is 1.52. The van der Waals surface area contributed by atoms with Crippen LogP contribution in [0, 0.1) is 0 Å². The molecule has 4 rings (SSSR count). The van der Waals surface area contributed by atoms with Crippen molar-refractivity contribution < 1.29 is 18.8 Å². The van der Waals surface area contributed by atoms with Gasteiger partial charge >= 0.3 is 0 Å². The lowest BCUT2D eigenvalue weighted by Crippen LogP contribution is -2.22. The number of carbonyl (C=O) groups excluding carboxylic acids is 1. The van der Waals surface area contributed by atoms with Gasteiger partial charge in [-0.2, -0.15) is 4.98 Å². The summed E-state index contributed by atoms with van der Waals surface area (Å²) in [6, 6.07) is 8.84. The Bertz CT molecular complexity index is 844. The summed E-state index contributed by atoms with van der Waals surface area (Å²) in [5.74, 6) is 1.82. The molecule has 0 saturated carbocycles. The Labute approximate surface area is 134 Å². The van der Waals surface area contributed by atoms with Crippen LogP contribution < -0.4 is 14.8 Å². The second kappa shape index (κ2) is 5.73. The fraction of sp³-hybridized carbons (Fsp3) is 0.133. The Morgan fingerprint density at radius 3 is 3.04 bits per heavy atom. The molecule has 1 aromatic carbocycles. The molecule has 7 nitrogen and oxygen atoms in total. The Balaban J connectivity index is 1.42. The van der Waals surface area contributed by atoms with E-state index in [0.29, 0.717) is 28.8 Å². The number of fused-ring (bicyclic) bond motifs is 1. The highest BCUT2D eigenvalue weighted by atomic mass is 32.1. The van der Waals surface area contributed by atoms with Crippen molar-refractivity contribution in [3.05, 3.63) is 47.2 Å². The minimum absolute atomic E-state index is 0.158. The van der Waals surface area contributed by atoms with E-state index in [0.717, 1.165) is 4.88 Å². The second-order valence-corrected chi connectivity index (χ2v) is 5.69. The van der Waals surface area contributed by atoms with Gasteiger partial charge in [0.2, 0.25) is 18.5 Å². The van der Waals surface area contributed by atoms with Crippen molar-refractivity contribution in [2.24, 2.45) is 0 Å². The van der Waals surface area contributed by atoms with Crippen molar-refractivity contribution in [2.45, 2.75) is 6.54 Å². The summed E-state index contributed by atoms with van der Waals surface area (Å²) in [6.07, 6.45) is 0. The normalized spacial score (nSPS) is 12.3. The van der Waals surface area contributed by atoms with Crippen LogP contribution in [0.15, 0.2) is 40.2 Å². The highest BCUT2D eigenvalue weighted by Crippen LogP contribution is 2.32. The van der Waals surface area contributed by atoms with Gasteiger partial charge in [-0.3, -0.25) is 4.79 Å². The molecule has 1 aliphatic heterocycles. The molecule has 0 atom stereocenters. The Morgan fingerprint density at radius 2 is 2.17 bits per heavy atom. The maximum atomic E-state index is 12.2. The van der Waals surface area contributed by atoms with Crippen LogP contribution in [0.2, 0.25) is 0 Å². The van der Waals surface area contributed by atoms with Gasteiger partial charge in [-0.05, 0) is 29.6 Å². The van der Waals surface area contributed by atoms with E-state index < -0.39 is 0 Å². The van der Waals surface area contributed by atoms with E-state index in [4.69, 9.17) is 14.0 Å². The van der Waals surface area contributed by atoms with E-state index in [1.165, 1.54) is 11.3 Å². The van der Waals surface area contributed by atoms with Crippen molar-refractivity contribution in [3.63, 3.8) is 0 Å². The number of thiophene rings is 1. The number of carbonyl (C=O) groups is 1. The minimum atomic E-state index is -0.251. The van der Waals surface area contributed by atoms with Gasteiger partial charge < -0.3 is 19.3 Å². The lowest BCUT2D eigenvalue weighted by Gasteiger charge is -2.03. The van der Waals surface area contributed by atoms with Crippen LogP contribution >= 0.6 is 11.3 Å². The van der Waals surface area contributed by atoms with E-state index >= 15 is 0 Å². The molecular formula is C15H11N3O4S. The molecule has 0 spiro atoms. The van der Waals surface area contributed by atoms with Gasteiger partial charge in [-0.1, -0.05) is 11.2 Å². The highest BCUT2D eigenvalue weighted by Gasteiger charge is 2.17. The lowest BCUT2D eigenvalue weighted by atomic mass is 10.2. The summed E-state index contributed by atoms with van der Waals surface area (Å²) in [4.78, 5) is 17.3. The molecule has 0 aliphatic carbocycles. The zero-order chi connectivity index (χ0) is 15.6. The Kier molecular flexibility index (Phi) is 3.43. The van der Waals surface area contributed by atoms with E-state index in [1.807, 2.05) is 17.5 Å². The maximum absolute atomic E-state index is 12.2. The SMILES string of the molecule is O=C(NCc1nc(-c2cccs2)no1)c1ccc2c(c1)OCO2. The molecule has 116 valence electrons. The van der Waals surface area contributed by atoms with Crippen molar-refractivity contribution >= 4 is 17.2 Å². The predicted molar refractivity (Wildman–Crippen MR) is 81.3 cm³/mol. The van der Waals surface area contributed by atoms with E-state index in [-0.39, 0.29) is 19.2 Å². The van der Waals surface area contributed by atoms with Crippen LogP contribution in [0.1, 0.15) is 16.2 Å². The first-order valence-corrected chi connectivity index (χ1v) is 7.72. The van der Waals surface area contributed by atoms with Gasteiger partial charge in [-0.25, -0.2) is 0 Å². The number of hydrogen-bond acceptors (Lipinski definition) is 7. The van der Waals surface area contributed by atoms with Crippen LogP contribution in [0.25, 0.3) is 10.7 Å². The highest BCUT2D eigenvalue weighted by molar-refractivity contribution is 7.13. The maximum Gasteiger partial charge on any atom is 0.251 e. The number of aromatic nitrogens is 2. The molecule has 0 unspecified atom stereocenters. The van der Waals surface area contributed by atoms with Crippen LogP contribution in [-0.4, -0.2) is 22.8 Å². The fourth-order valence-corrected chi connectivity index (χ4v) is 2.78. The smallest absolute Gasteiger partial charge is 0.251 e. The van der Waals surface area contributed by atoms with E-state index in [1.54, 1.807) is 18.2 Å². The molecule has 1 aliphatic rings. The number of nitrogens with one attached hydrogen (secondary N) is 1. The van der Waals surface area contributed by atoms with Gasteiger partial charge in [0.1, 0.15) is 0 Å². The Morgan fingerprint density at radius 1 is 1.26 bits per heavy atom. The number of amides is 1. The Hall–Kier alpha value is -2.87. The molecule has 0 saturated heterocycles. The van der Waals surface area contributed by atoms with Crippen LogP contribution in [0.3, 0.4) is 0 Å². The van der Waals surface area contributed by atoms with Gasteiger partial charge in [0.15, 0.2) is 11.5 Å². The standard InChI is InChI=1S/C15H11N3O4S/c19-15(9-3-4-10-11(6-9)21-8-20-10)16-7-13-17-14(18-22-13)12-2-1-5-23-12/h1-6H,7-8H2,(H,16,19). The van der Waals surface area contributed by atoms with Crippen molar-refractivity contribution in [1.29, 1.82) is 0 Å². The minimum Gasteiger partial charge on any atom is -0.454 e. The molecular weight excluding hydrogens is 318 g/mol. The first-order valence-electron chi connectivity index (χ1n) is 6.84. The first kappa shape index (κ1) is 13.8. The molecule has 23 heavy (non-hydrogen) atoms. The molecule has 0 radical (unpaired) electrons. The lowest BCUT2D eigenvalue weighted by molar-refractivity contribution is 0.0946. The quantitative estimate of drug-likeness (QED) is 0.791. The molecule has 1 amide bonds. The third-order valence-electron chi connectivity index (χ3n) is 3.24. The summed E-state index contributed by atoms with van der Waals surface area (Å²) in [5, 5.41) is 8.57. The zero-order valence-electron chi connectivity index (χ0n) is 11.8. The van der Waals surface area contributed by atoms with Crippen molar-refractivity contribution in [3.8, 4) is 22.2 Å². The largest absolute Gasteiger partial charge is 0.454 e. The average molecular weight is 329 g/mol. The number of ether oxygens (including phenoxy) is 2. The van der Waals surface area contributed by atoms with Gasteiger partial charge in [-0.15, -0.1) is 11.3 Å².